The Bertz CT molecular complexity index is 729. The van der Waals surface area contributed by atoms with Crippen molar-refractivity contribution in [3.05, 3.63) is 51.7 Å². The number of nitrogens with zero attached hydrogens (tertiary/aromatic N) is 1. The van der Waals surface area contributed by atoms with Crippen LogP contribution in [-0.2, 0) is 4.74 Å². The van der Waals surface area contributed by atoms with Crippen molar-refractivity contribution in [2.24, 2.45) is 0 Å². The summed E-state index contributed by atoms with van der Waals surface area (Å²) >= 11 is 2.59. The Balaban J connectivity index is 1.68. The summed E-state index contributed by atoms with van der Waals surface area (Å²) in [6.45, 7) is -0.255. The van der Waals surface area contributed by atoms with Gasteiger partial charge in [-0.1, -0.05) is 18.2 Å². The zero-order chi connectivity index (χ0) is 13.9. The number of esters is 1. The molecule has 0 atom stereocenters. The topological polar surface area (TPSA) is 56.3 Å². The number of thiazole rings is 1. The number of aromatic nitrogens is 1. The lowest BCUT2D eigenvalue weighted by Crippen LogP contribution is -2.13. The van der Waals surface area contributed by atoms with Crippen molar-refractivity contribution in [3.63, 3.8) is 0 Å². The number of ether oxygens (including phenoxy) is 1. The molecule has 0 bridgehead atoms. The molecular formula is C14H9NO3S2. The molecule has 0 aliphatic heterocycles. The SMILES string of the molecule is O=C(COC(=O)c1nc2ccccc2s1)c1cccs1. The van der Waals surface area contributed by atoms with E-state index in [2.05, 4.69) is 4.98 Å². The molecule has 3 rings (SSSR count). The molecule has 0 fully saturated rings. The average molecular weight is 303 g/mol. The minimum atomic E-state index is -0.559. The molecule has 20 heavy (non-hydrogen) atoms. The van der Waals surface area contributed by atoms with Gasteiger partial charge in [0.05, 0.1) is 15.1 Å². The van der Waals surface area contributed by atoms with Gasteiger partial charge in [-0.05, 0) is 23.6 Å². The van der Waals surface area contributed by atoms with E-state index in [-0.39, 0.29) is 17.4 Å². The fourth-order valence-corrected chi connectivity index (χ4v) is 3.17. The fraction of sp³-hybridized carbons (Fsp3) is 0.0714. The Kier molecular flexibility index (Phi) is 3.58. The van der Waals surface area contributed by atoms with Crippen molar-refractivity contribution in [1.82, 2.24) is 4.98 Å². The number of fused-ring (bicyclic) bond motifs is 1. The second-order valence-electron chi connectivity index (χ2n) is 3.96. The zero-order valence-electron chi connectivity index (χ0n) is 10.2. The maximum absolute atomic E-state index is 11.9. The first-order chi connectivity index (χ1) is 9.74. The molecule has 0 saturated heterocycles. The van der Waals surface area contributed by atoms with Gasteiger partial charge in [0.25, 0.3) is 0 Å². The van der Waals surface area contributed by atoms with E-state index in [9.17, 15) is 9.59 Å². The van der Waals surface area contributed by atoms with Gasteiger partial charge in [-0.15, -0.1) is 22.7 Å². The molecule has 1 aromatic carbocycles. The lowest BCUT2D eigenvalue weighted by atomic mass is 10.3. The van der Waals surface area contributed by atoms with Crippen molar-refractivity contribution >= 4 is 44.6 Å². The monoisotopic (exact) mass is 303 g/mol. The number of carbonyl (C=O) groups excluding carboxylic acids is 2. The number of hydrogen-bond donors (Lipinski definition) is 0. The van der Waals surface area contributed by atoms with Gasteiger partial charge >= 0.3 is 5.97 Å². The molecule has 2 heterocycles. The van der Waals surface area contributed by atoms with Crippen LogP contribution in [0.25, 0.3) is 10.2 Å². The van der Waals surface area contributed by atoms with E-state index in [4.69, 9.17) is 4.74 Å². The highest BCUT2D eigenvalue weighted by Gasteiger charge is 2.16. The van der Waals surface area contributed by atoms with E-state index in [1.807, 2.05) is 29.6 Å². The first kappa shape index (κ1) is 13.0. The number of benzene rings is 1. The maximum atomic E-state index is 11.9. The summed E-state index contributed by atoms with van der Waals surface area (Å²) in [6.07, 6.45) is 0. The van der Waals surface area contributed by atoms with Gasteiger partial charge < -0.3 is 4.74 Å². The van der Waals surface area contributed by atoms with Crippen LogP contribution in [0.15, 0.2) is 41.8 Å². The Morgan fingerprint density at radius 2 is 2.00 bits per heavy atom. The third-order valence-electron chi connectivity index (χ3n) is 2.60. The van der Waals surface area contributed by atoms with Gasteiger partial charge in [0.15, 0.2) is 6.61 Å². The summed E-state index contributed by atoms with van der Waals surface area (Å²) in [5, 5.41) is 2.08. The Morgan fingerprint density at radius 3 is 2.75 bits per heavy atom. The van der Waals surface area contributed by atoms with Crippen LogP contribution in [0.4, 0.5) is 0 Å². The average Bonchev–Trinajstić information content (AvgIpc) is 3.12. The van der Waals surface area contributed by atoms with Crippen LogP contribution in [0.2, 0.25) is 0 Å². The summed E-state index contributed by atoms with van der Waals surface area (Å²) in [4.78, 5) is 28.4. The van der Waals surface area contributed by atoms with E-state index >= 15 is 0 Å². The van der Waals surface area contributed by atoms with Gasteiger partial charge in [0.2, 0.25) is 10.8 Å². The molecular weight excluding hydrogens is 294 g/mol. The van der Waals surface area contributed by atoms with Gasteiger partial charge in [0.1, 0.15) is 0 Å². The van der Waals surface area contributed by atoms with Gasteiger partial charge in [-0.3, -0.25) is 4.79 Å². The third-order valence-corrected chi connectivity index (χ3v) is 4.53. The van der Waals surface area contributed by atoms with Crippen molar-refractivity contribution < 1.29 is 14.3 Å². The summed E-state index contributed by atoms with van der Waals surface area (Å²) in [6, 6.07) is 11.0. The summed E-state index contributed by atoms with van der Waals surface area (Å²) in [5.74, 6) is -0.759. The van der Waals surface area contributed by atoms with E-state index < -0.39 is 5.97 Å². The molecule has 0 amide bonds. The molecule has 2 aromatic heterocycles. The van der Waals surface area contributed by atoms with Gasteiger partial charge in [0, 0.05) is 0 Å². The number of Topliss-reactive ketones (excluding diaryl/α,β-unsaturated/α-hetero) is 1. The summed E-state index contributed by atoms with van der Waals surface area (Å²) < 4.78 is 5.93. The largest absolute Gasteiger partial charge is 0.452 e. The molecule has 6 heteroatoms. The summed E-state index contributed by atoms with van der Waals surface area (Å²) in [5.41, 5.74) is 0.758. The van der Waals surface area contributed by atoms with Crippen molar-refractivity contribution in [3.8, 4) is 0 Å². The molecule has 4 nitrogen and oxygen atoms in total. The molecule has 0 saturated carbocycles. The van der Waals surface area contributed by atoms with Crippen LogP contribution in [-0.4, -0.2) is 23.3 Å². The van der Waals surface area contributed by atoms with E-state index in [0.29, 0.717) is 4.88 Å². The van der Waals surface area contributed by atoms with E-state index in [1.165, 1.54) is 22.7 Å². The van der Waals surface area contributed by atoms with Gasteiger partial charge in [-0.25, -0.2) is 9.78 Å². The third kappa shape index (κ3) is 2.61. The van der Waals surface area contributed by atoms with E-state index in [0.717, 1.165) is 10.2 Å². The van der Waals surface area contributed by atoms with Crippen LogP contribution in [0.1, 0.15) is 19.5 Å². The predicted molar refractivity (Wildman–Crippen MR) is 78.6 cm³/mol. The number of rotatable bonds is 4. The zero-order valence-corrected chi connectivity index (χ0v) is 11.9. The second kappa shape index (κ2) is 5.52. The van der Waals surface area contributed by atoms with Crippen molar-refractivity contribution in [2.45, 2.75) is 0 Å². The highest BCUT2D eigenvalue weighted by Crippen LogP contribution is 2.22. The molecule has 0 aliphatic carbocycles. The normalized spacial score (nSPS) is 10.6. The smallest absolute Gasteiger partial charge is 0.367 e. The number of carbonyl (C=O) groups is 2. The Morgan fingerprint density at radius 1 is 1.15 bits per heavy atom. The van der Waals surface area contributed by atoms with Crippen LogP contribution in [0, 0.1) is 0 Å². The van der Waals surface area contributed by atoms with Crippen molar-refractivity contribution in [2.75, 3.05) is 6.61 Å². The second-order valence-corrected chi connectivity index (χ2v) is 5.94. The lowest BCUT2D eigenvalue weighted by Gasteiger charge is -1.99. The maximum Gasteiger partial charge on any atom is 0.367 e. The predicted octanol–water partition coefficient (Wildman–Crippen LogP) is 3.40. The minimum absolute atomic E-state index is 0.200. The first-order valence-corrected chi connectivity index (χ1v) is 7.53. The molecule has 100 valence electrons. The number of thiophene rings is 1. The van der Waals surface area contributed by atoms with Crippen LogP contribution < -0.4 is 0 Å². The van der Waals surface area contributed by atoms with Gasteiger partial charge in [-0.2, -0.15) is 0 Å². The van der Waals surface area contributed by atoms with Crippen molar-refractivity contribution in [1.29, 1.82) is 0 Å². The van der Waals surface area contributed by atoms with Crippen LogP contribution in [0.5, 0.6) is 0 Å². The van der Waals surface area contributed by atoms with E-state index in [1.54, 1.807) is 12.1 Å². The molecule has 0 spiro atoms. The van der Waals surface area contributed by atoms with Crippen LogP contribution >= 0.6 is 22.7 Å². The molecule has 0 N–H and O–H groups in total. The molecule has 3 aromatic rings. The number of ketones is 1. The fourth-order valence-electron chi connectivity index (χ4n) is 1.66. The number of hydrogen-bond acceptors (Lipinski definition) is 6. The lowest BCUT2D eigenvalue weighted by molar-refractivity contribution is 0.0475. The Hall–Kier alpha value is -2.05. The minimum Gasteiger partial charge on any atom is -0.452 e. The van der Waals surface area contributed by atoms with Crippen LogP contribution in [0.3, 0.4) is 0 Å². The highest BCUT2D eigenvalue weighted by molar-refractivity contribution is 7.20. The number of para-hydroxylation sites is 1. The Labute approximate surface area is 122 Å². The molecule has 0 radical (unpaired) electrons. The molecule has 0 unspecified atom stereocenters. The highest BCUT2D eigenvalue weighted by atomic mass is 32.1. The first-order valence-electron chi connectivity index (χ1n) is 5.83. The quantitative estimate of drug-likeness (QED) is 0.547. The standard InChI is InChI=1S/C14H9NO3S2/c16-10(12-6-3-7-19-12)8-18-14(17)13-15-9-4-1-2-5-11(9)20-13/h1-7H,8H2. The molecule has 0 aliphatic rings. The summed E-state index contributed by atoms with van der Waals surface area (Å²) in [7, 11) is 0.